The van der Waals surface area contributed by atoms with Gasteiger partial charge in [0, 0.05) is 43.0 Å². The minimum Gasteiger partial charge on any atom is -0.472 e. The number of aromatic nitrogens is 2. The number of hydrogen-bond acceptors (Lipinski definition) is 7. The third-order valence-electron chi connectivity index (χ3n) is 7.78. The monoisotopic (exact) mass is 507 g/mol. The molecule has 0 amide bonds. The van der Waals surface area contributed by atoms with Gasteiger partial charge in [0.2, 0.25) is 0 Å². The molecular weight excluding hydrogens is 476 g/mol. The number of halogens is 2. The molecule has 1 aliphatic carbocycles. The first-order valence-corrected chi connectivity index (χ1v) is 12.9. The third kappa shape index (κ3) is 4.30. The number of alkyl halides is 1. The van der Waals surface area contributed by atoms with Gasteiger partial charge in [-0.15, -0.1) is 0 Å². The zero-order valence-corrected chi connectivity index (χ0v) is 20.9. The second-order valence-electron chi connectivity index (χ2n) is 10.0. The van der Waals surface area contributed by atoms with Crippen molar-refractivity contribution in [2.24, 2.45) is 0 Å². The maximum absolute atomic E-state index is 17.2. The zero-order valence-electron chi connectivity index (χ0n) is 20.9. The van der Waals surface area contributed by atoms with Gasteiger partial charge in [0.1, 0.15) is 17.8 Å². The van der Waals surface area contributed by atoms with E-state index in [1.165, 1.54) is 12.5 Å². The molecule has 1 N–H and O–H groups in total. The van der Waals surface area contributed by atoms with Crippen molar-refractivity contribution >= 4 is 17.7 Å². The maximum atomic E-state index is 17.2. The number of likely N-dealkylation sites (tertiary alicyclic amines) is 1. The maximum Gasteiger partial charge on any atom is 0.319 e. The second-order valence-corrected chi connectivity index (χ2v) is 10.0. The van der Waals surface area contributed by atoms with Crippen molar-refractivity contribution in [2.75, 3.05) is 51.3 Å². The van der Waals surface area contributed by atoms with Gasteiger partial charge in [-0.25, -0.2) is 8.78 Å². The molecule has 0 bridgehead atoms. The molecule has 2 saturated heterocycles. The minimum absolute atomic E-state index is 0.0515. The average Bonchev–Trinajstić information content (AvgIpc) is 3.62. The van der Waals surface area contributed by atoms with Gasteiger partial charge in [-0.2, -0.15) is 9.97 Å². The van der Waals surface area contributed by atoms with Crippen molar-refractivity contribution in [1.82, 2.24) is 20.2 Å². The summed E-state index contributed by atoms with van der Waals surface area (Å²) in [4.78, 5) is 13.6. The van der Waals surface area contributed by atoms with Crippen LogP contribution in [0.25, 0.3) is 11.9 Å². The SMILES string of the molecule is CN1CCC[C@H]1COc1nc(N2CCNCC2)c2c(n1)=C(F)C(F)(c1ccccc1)C(c1ccoc1)C=2. The lowest BCUT2D eigenvalue weighted by atomic mass is 9.76. The fourth-order valence-corrected chi connectivity index (χ4v) is 5.66. The van der Waals surface area contributed by atoms with Crippen LogP contribution in [0.4, 0.5) is 14.6 Å². The van der Waals surface area contributed by atoms with Gasteiger partial charge in [0.05, 0.1) is 18.4 Å². The van der Waals surface area contributed by atoms with E-state index in [0.717, 1.165) is 32.5 Å². The smallest absolute Gasteiger partial charge is 0.319 e. The summed E-state index contributed by atoms with van der Waals surface area (Å²) >= 11 is 0. The van der Waals surface area contributed by atoms with E-state index >= 15 is 8.78 Å². The molecule has 1 aromatic carbocycles. The van der Waals surface area contributed by atoms with E-state index in [1.807, 2.05) is 0 Å². The second kappa shape index (κ2) is 9.87. The molecular formula is C28H31F2N5O2. The van der Waals surface area contributed by atoms with E-state index in [0.29, 0.717) is 36.3 Å². The first kappa shape index (κ1) is 24.1. The van der Waals surface area contributed by atoms with E-state index in [2.05, 4.69) is 27.1 Å². The summed E-state index contributed by atoms with van der Waals surface area (Å²) < 4.78 is 45.1. The number of nitrogens with one attached hydrogen (secondary N) is 1. The Kier molecular flexibility index (Phi) is 6.42. The fraction of sp³-hybridized carbons (Fsp3) is 0.429. The minimum atomic E-state index is -2.46. The molecule has 7 nitrogen and oxygen atoms in total. The van der Waals surface area contributed by atoms with Crippen LogP contribution in [-0.4, -0.2) is 67.3 Å². The van der Waals surface area contributed by atoms with Gasteiger partial charge < -0.3 is 24.3 Å². The summed E-state index contributed by atoms with van der Waals surface area (Å²) in [5, 5.41) is 3.77. The number of likely N-dealkylation sites (N-methyl/N-ethyl adjacent to an activating group) is 1. The van der Waals surface area contributed by atoms with Crippen LogP contribution >= 0.6 is 0 Å². The molecule has 194 valence electrons. The molecule has 2 aromatic heterocycles. The summed E-state index contributed by atoms with van der Waals surface area (Å²) in [7, 11) is 2.07. The van der Waals surface area contributed by atoms with Crippen LogP contribution in [0.2, 0.25) is 0 Å². The van der Waals surface area contributed by atoms with E-state index in [9.17, 15) is 0 Å². The lowest BCUT2D eigenvalue weighted by molar-refractivity contribution is 0.185. The summed E-state index contributed by atoms with van der Waals surface area (Å²) in [5.74, 6) is -1.32. The van der Waals surface area contributed by atoms with Crippen LogP contribution in [-0.2, 0) is 5.67 Å². The molecule has 2 unspecified atom stereocenters. The largest absolute Gasteiger partial charge is 0.472 e. The number of benzene rings is 1. The first-order chi connectivity index (χ1) is 18.1. The summed E-state index contributed by atoms with van der Waals surface area (Å²) in [6, 6.07) is 10.4. The van der Waals surface area contributed by atoms with Crippen LogP contribution in [0.3, 0.4) is 0 Å². The quantitative estimate of drug-likeness (QED) is 0.550. The Bertz CT molecular complexity index is 1360. The molecule has 0 saturated carbocycles. The number of rotatable bonds is 6. The number of furan rings is 1. The van der Waals surface area contributed by atoms with Crippen LogP contribution in [0.5, 0.6) is 6.01 Å². The Morgan fingerprint density at radius 2 is 1.95 bits per heavy atom. The Morgan fingerprint density at radius 1 is 1.14 bits per heavy atom. The van der Waals surface area contributed by atoms with Crippen molar-refractivity contribution in [3.63, 3.8) is 0 Å². The number of nitrogens with zero attached hydrogens (tertiary/aromatic N) is 4. The molecule has 0 spiro atoms. The highest BCUT2D eigenvalue weighted by molar-refractivity contribution is 5.66. The third-order valence-corrected chi connectivity index (χ3v) is 7.78. The van der Waals surface area contributed by atoms with E-state index in [-0.39, 0.29) is 23.0 Å². The molecule has 3 aliphatic rings. The van der Waals surface area contributed by atoms with Gasteiger partial charge >= 0.3 is 6.01 Å². The highest BCUT2D eigenvalue weighted by Gasteiger charge is 2.48. The lowest BCUT2D eigenvalue weighted by Gasteiger charge is -2.34. The molecule has 4 heterocycles. The molecule has 3 atom stereocenters. The van der Waals surface area contributed by atoms with Gasteiger partial charge in [-0.05, 0) is 38.1 Å². The van der Waals surface area contributed by atoms with Crippen molar-refractivity contribution < 1.29 is 17.9 Å². The Hall–Kier alpha value is -3.30. The van der Waals surface area contributed by atoms with Crippen molar-refractivity contribution in [3.8, 4) is 6.01 Å². The van der Waals surface area contributed by atoms with Crippen LogP contribution in [0.1, 0.15) is 29.9 Å². The molecule has 2 fully saturated rings. The molecule has 9 heteroatoms. The van der Waals surface area contributed by atoms with Crippen molar-refractivity contribution in [1.29, 1.82) is 0 Å². The highest BCUT2D eigenvalue weighted by atomic mass is 19.2. The number of ether oxygens (including phenoxy) is 1. The Morgan fingerprint density at radius 3 is 2.65 bits per heavy atom. The Balaban J connectivity index is 1.53. The molecule has 0 radical (unpaired) electrons. The molecule has 2 aliphatic heterocycles. The lowest BCUT2D eigenvalue weighted by Crippen LogP contribution is -2.50. The summed E-state index contributed by atoms with van der Waals surface area (Å²) in [6.45, 7) is 4.35. The average molecular weight is 508 g/mol. The van der Waals surface area contributed by atoms with Crippen molar-refractivity contribution in [3.05, 3.63) is 70.6 Å². The normalized spacial score (nSPS) is 26.1. The van der Waals surface area contributed by atoms with Gasteiger partial charge in [0.15, 0.2) is 11.5 Å². The van der Waals surface area contributed by atoms with E-state index in [4.69, 9.17) is 14.1 Å². The van der Waals surface area contributed by atoms with E-state index < -0.39 is 17.4 Å². The van der Waals surface area contributed by atoms with Gasteiger partial charge in [-0.1, -0.05) is 36.4 Å². The van der Waals surface area contributed by atoms with Crippen LogP contribution in [0, 0.1) is 0 Å². The Labute approximate surface area is 214 Å². The first-order valence-electron chi connectivity index (χ1n) is 12.9. The topological polar surface area (TPSA) is 66.7 Å². The van der Waals surface area contributed by atoms with Crippen LogP contribution in [0.15, 0.2) is 53.3 Å². The molecule has 3 aromatic rings. The molecule has 37 heavy (non-hydrogen) atoms. The predicted octanol–water partition coefficient (Wildman–Crippen LogP) is 2.47. The van der Waals surface area contributed by atoms with Crippen molar-refractivity contribution in [2.45, 2.75) is 30.5 Å². The van der Waals surface area contributed by atoms with Gasteiger partial charge in [-0.3, -0.25) is 0 Å². The molecule has 6 rings (SSSR count). The predicted molar refractivity (Wildman–Crippen MR) is 137 cm³/mol. The number of anilines is 1. The fourth-order valence-electron chi connectivity index (χ4n) is 5.66. The number of fused-ring (bicyclic) bond motifs is 1. The van der Waals surface area contributed by atoms with Gasteiger partial charge in [0.25, 0.3) is 0 Å². The highest BCUT2D eigenvalue weighted by Crippen LogP contribution is 2.49. The summed E-state index contributed by atoms with van der Waals surface area (Å²) in [6.07, 6.45) is 6.83. The van der Waals surface area contributed by atoms with Crippen LogP contribution < -0.4 is 25.5 Å². The van der Waals surface area contributed by atoms with E-state index in [1.54, 1.807) is 42.5 Å². The number of hydrogen-bond donors (Lipinski definition) is 1. The number of piperazine rings is 1. The zero-order chi connectivity index (χ0) is 25.4. The summed E-state index contributed by atoms with van der Waals surface area (Å²) in [5.41, 5.74) is -1.70. The standard InChI is InChI=1S/C28H31F2N5O2/c1-34-12-5-8-21(34)18-37-27-32-24-22(26(33-27)35-13-10-31-11-14-35)16-23(19-9-15-36-17-19)28(30,25(24)29)20-6-3-2-4-7-20/h2-4,6-7,9,15-17,21,23,31H,5,8,10-14,18H2,1H3/t21-,23?,28?/m0/s1.